The van der Waals surface area contributed by atoms with Crippen LogP contribution < -0.4 is 20.4 Å². The van der Waals surface area contributed by atoms with E-state index in [1.54, 1.807) is 25.5 Å². The number of para-hydroxylation sites is 1. The molecule has 1 aliphatic heterocycles. The standard InChI is InChI=1S/C28H28N4O3/c1-35-23-15-9-20(10-16-23)19-29-31-26(33)21-11-13-22(14-12-21)32-27(34)24-7-3-4-8-25(24)30-28(32)17-5-2-6-18-28/h3-4,7-16,19,30H,2,5-6,17-18H2,1H3,(H,31,33)/b29-19+. The Hall–Kier alpha value is -4.13. The molecule has 0 unspecified atom stereocenters. The van der Waals surface area contributed by atoms with Gasteiger partial charge in [-0.3, -0.25) is 14.5 Å². The van der Waals surface area contributed by atoms with Gasteiger partial charge in [0.25, 0.3) is 11.8 Å². The minimum absolute atomic E-state index is 0.0115. The Morgan fingerprint density at radius 2 is 1.71 bits per heavy atom. The molecule has 1 heterocycles. The molecule has 2 N–H and O–H groups in total. The SMILES string of the molecule is COc1ccc(/C=N/NC(=O)c2ccc(N3C(=O)c4ccccc4NC34CCCCC4)cc2)cc1. The van der Waals surface area contributed by atoms with E-state index in [-0.39, 0.29) is 11.8 Å². The van der Waals surface area contributed by atoms with Gasteiger partial charge in [0.1, 0.15) is 11.4 Å². The van der Waals surface area contributed by atoms with Crippen molar-refractivity contribution in [1.82, 2.24) is 5.43 Å². The average molecular weight is 469 g/mol. The largest absolute Gasteiger partial charge is 0.497 e. The predicted octanol–water partition coefficient (Wildman–Crippen LogP) is 5.19. The summed E-state index contributed by atoms with van der Waals surface area (Å²) in [5.74, 6) is 0.428. The number of fused-ring (bicyclic) bond motifs is 1. The summed E-state index contributed by atoms with van der Waals surface area (Å²) >= 11 is 0. The van der Waals surface area contributed by atoms with E-state index in [9.17, 15) is 9.59 Å². The molecule has 0 bridgehead atoms. The summed E-state index contributed by atoms with van der Waals surface area (Å²) in [6.07, 6.45) is 6.64. The lowest BCUT2D eigenvalue weighted by Crippen LogP contribution is -2.61. The molecule has 3 aromatic carbocycles. The number of nitrogens with zero attached hydrogens (tertiary/aromatic N) is 2. The Morgan fingerprint density at radius 3 is 2.43 bits per heavy atom. The van der Waals surface area contributed by atoms with Gasteiger partial charge in [0.2, 0.25) is 0 Å². The quantitative estimate of drug-likeness (QED) is 0.399. The van der Waals surface area contributed by atoms with E-state index >= 15 is 0 Å². The molecule has 1 saturated carbocycles. The maximum atomic E-state index is 13.6. The van der Waals surface area contributed by atoms with Gasteiger partial charge in [-0.25, -0.2) is 5.43 Å². The van der Waals surface area contributed by atoms with Crippen molar-refractivity contribution >= 4 is 29.4 Å². The molecule has 2 aliphatic rings. The maximum Gasteiger partial charge on any atom is 0.271 e. The number of rotatable bonds is 5. The monoisotopic (exact) mass is 468 g/mol. The minimum Gasteiger partial charge on any atom is -0.497 e. The molecule has 2 amide bonds. The van der Waals surface area contributed by atoms with Crippen molar-refractivity contribution in [3.05, 3.63) is 89.5 Å². The van der Waals surface area contributed by atoms with Crippen LogP contribution in [0.15, 0.2) is 77.9 Å². The second-order valence-corrected chi connectivity index (χ2v) is 8.92. The third-order valence-corrected chi connectivity index (χ3v) is 6.72. The van der Waals surface area contributed by atoms with Gasteiger partial charge in [-0.2, -0.15) is 5.10 Å². The van der Waals surface area contributed by atoms with Crippen molar-refractivity contribution in [2.24, 2.45) is 5.10 Å². The highest BCUT2D eigenvalue weighted by atomic mass is 16.5. The van der Waals surface area contributed by atoms with E-state index in [1.165, 1.54) is 6.42 Å². The number of carbonyl (C=O) groups excluding carboxylic acids is 2. The second kappa shape index (κ2) is 9.62. The van der Waals surface area contributed by atoms with E-state index in [0.717, 1.165) is 48.4 Å². The summed E-state index contributed by atoms with van der Waals surface area (Å²) in [6, 6.07) is 22.2. The number of nitrogens with one attached hydrogen (secondary N) is 2. The highest BCUT2D eigenvalue weighted by molar-refractivity contribution is 6.13. The Balaban J connectivity index is 1.34. The van der Waals surface area contributed by atoms with Crippen molar-refractivity contribution in [2.45, 2.75) is 37.8 Å². The van der Waals surface area contributed by atoms with Crippen LogP contribution in [0.5, 0.6) is 5.75 Å². The predicted molar refractivity (Wildman–Crippen MR) is 137 cm³/mol. The molecular formula is C28H28N4O3. The van der Waals surface area contributed by atoms with Crippen LogP contribution in [0.1, 0.15) is 58.4 Å². The van der Waals surface area contributed by atoms with Crippen molar-refractivity contribution in [3.8, 4) is 5.75 Å². The number of hydrogen-bond donors (Lipinski definition) is 2. The molecule has 7 heteroatoms. The zero-order chi connectivity index (χ0) is 24.3. The summed E-state index contributed by atoms with van der Waals surface area (Å²) < 4.78 is 5.14. The highest BCUT2D eigenvalue weighted by Gasteiger charge is 2.45. The first-order valence-corrected chi connectivity index (χ1v) is 11.9. The molecule has 1 spiro atoms. The van der Waals surface area contributed by atoms with Gasteiger partial charge in [0.15, 0.2) is 0 Å². The lowest BCUT2D eigenvalue weighted by atomic mass is 9.84. The van der Waals surface area contributed by atoms with Gasteiger partial charge in [-0.15, -0.1) is 0 Å². The average Bonchev–Trinajstić information content (AvgIpc) is 2.90. The van der Waals surface area contributed by atoms with Crippen LogP contribution in [0.25, 0.3) is 0 Å². The third kappa shape index (κ3) is 4.49. The van der Waals surface area contributed by atoms with Crippen LogP contribution in [0.4, 0.5) is 11.4 Å². The second-order valence-electron chi connectivity index (χ2n) is 8.92. The molecule has 178 valence electrons. The number of carbonyl (C=O) groups is 2. The lowest BCUT2D eigenvalue weighted by molar-refractivity contribution is 0.0936. The first-order valence-electron chi connectivity index (χ1n) is 11.9. The fourth-order valence-corrected chi connectivity index (χ4v) is 4.93. The number of hydrazone groups is 1. The highest BCUT2D eigenvalue weighted by Crippen LogP contribution is 2.42. The third-order valence-electron chi connectivity index (χ3n) is 6.72. The Kier molecular flexibility index (Phi) is 6.23. The van der Waals surface area contributed by atoms with Gasteiger partial charge in [0.05, 0.1) is 18.9 Å². The van der Waals surface area contributed by atoms with Gasteiger partial charge in [-0.1, -0.05) is 18.6 Å². The molecule has 1 aliphatic carbocycles. The van der Waals surface area contributed by atoms with E-state index in [2.05, 4.69) is 15.8 Å². The molecule has 0 aromatic heterocycles. The fourth-order valence-electron chi connectivity index (χ4n) is 4.93. The first kappa shape index (κ1) is 22.7. The number of amides is 2. The molecule has 0 radical (unpaired) electrons. The minimum atomic E-state index is -0.448. The molecule has 35 heavy (non-hydrogen) atoms. The molecule has 7 nitrogen and oxygen atoms in total. The molecule has 5 rings (SSSR count). The zero-order valence-electron chi connectivity index (χ0n) is 19.7. The first-order chi connectivity index (χ1) is 17.1. The Labute approximate surface area is 204 Å². The van der Waals surface area contributed by atoms with E-state index in [4.69, 9.17) is 4.74 Å². The Bertz CT molecular complexity index is 1250. The van der Waals surface area contributed by atoms with Gasteiger partial charge in [-0.05, 0) is 91.9 Å². The van der Waals surface area contributed by atoms with Crippen LogP contribution in [0.3, 0.4) is 0 Å². The zero-order valence-corrected chi connectivity index (χ0v) is 19.7. The summed E-state index contributed by atoms with van der Waals surface area (Å²) in [6.45, 7) is 0. The Morgan fingerprint density at radius 1 is 1.00 bits per heavy atom. The summed E-state index contributed by atoms with van der Waals surface area (Å²) in [5.41, 5.74) is 5.75. The molecule has 0 saturated heterocycles. The summed E-state index contributed by atoms with van der Waals surface area (Å²) in [5, 5.41) is 7.73. The van der Waals surface area contributed by atoms with E-state index in [0.29, 0.717) is 11.1 Å². The molecule has 3 aromatic rings. The normalized spacial score (nSPS) is 16.6. The fraction of sp³-hybridized carbons (Fsp3) is 0.250. The van der Waals surface area contributed by atoms with Crippen molar-refractivity contribution < 1.29 is 14.3 Å². The van der Waals surface area contributed by atoms with Gasteiger partial charge in [0, 0.05) is 16.9 Å². The van der Waals surface area contributed by atoms with Crippen molar-refractivity contribution in [1.29, 1.82) is 0 Å². The molecule has 1 fully saturated rings. The van der Waals surface area contributed by atoms with Crippen LogP contribution in [0.2, 0.25) is 0 Å². The summed E-state index contributed by atoms with van der Waals surface area (Å²) in [4.78, 5) is 28.1. The van der Waals surface area contributed by atoms with Crippen LogP contribution in [-0.4, -0.2) is 30.8 Å². The maximum absolute atomic E-state index is 13.6. The number of methoxy groups -OCH3 is 1. The van der Waals surface area contributed by atoms with Crippen LogP contribution >= 0.6 is 0 Å². The number of benzene rings is 3. The smallest absolute Gasteiger partial charge is 0.271 e. The van der Waals surface area contributed by atoms with Crippen molar-refractivity contribution in [2.75, 3.05) is 17.3 Å². The van der Waals surface area contributed by atoms with Gasteiger partial charge >= 0.3 is 0 Å². The summed E-state index contributed by atoms with van der Waals surface area (Å²) in [7, 11) is 1.61. The molecule has 0 atom stereocenters. The van der Waals surface area contributed by atoms with E-state index in [1.807, 2.05) is 65.6 Å². The lowest BCUT2D eigenvalue weighted by Gasteiger charge is -2.50. The number of hydrogen-bond acceptors (Lipinski definition) is 5. The van der Waals surface area contributed by atoms with Crippen molar-refractivity contribution in [3.63, 3.8) is 0 Å². The van der Waals surface area contributed by atoms with Crippen LogP contribution in [-0.2, 0) is 0 Å². The van der Waals surface area contributed by atoms with Gasteiger partial charge < -0.3 is 10.1 Å². The van der Waals surface area contributed by atoms with Crippen LogP contribution in [0, 0.1) is 0 Å². The topological polar surface area (TPSA) is 83.0 Å². The number of anilines is 2. The van der Waals surface area contributed by atoms with E-state index < -0.39 is 5.66 Å². The number of ether oxygens (including phenoxy) is 1. The molecular weight excluding hydrogens is 440 g/mol.